The van der Waals surface area contributed by atoms with Crippen molar-refractivity contribution in [2.45, 2.75) is 20.8 Å². The Kier molecular flexibility index (Phi) is 9.89. The molecule has 0 saturated heterocycles. The third-order valence-corrected chi connectivity index (χ3v) is 2.40. The van der Waals surface area contributed by atoms with Crippen LogP contribution in [0.4, 0.5) is 0 Å². The molecule has 0 bridgehead atoms. The molecule has 0 amide bonds. The number of methoxy groups -OCH3 is 1. The predicted molar refractivity (Wildman–Crippen MR) is 85.3 cm³/mol. The van der Waals surface area contributed by atoms with Crippen molar-refractivity contribution in [2.75, 3.05) is 14.2 Å². The maximum Gasteiger partial charge on any atom is 0.159 e. The normalized spacial score (nSPS) is 8.65. The minimum absolute atomic E-state index is 0.125. The molecule has 0 N–H and O–H groups in total. The van der Waals surface area contributed by atoms with Crippen molar-refractivity contribution in [3.63, 3.8) is 0 Å². The number of aryl methyl sites for hydroxylation is 2. The van der Waals surface area contributed by atoms with Gasteiger partial charge < -0.3 is 4.74 Å². The second kappa shape index (κ2) is 10.9. The zero-order chi connectivity index (χ0) is 15.4. The number of rotatable bonds is 1. The Balaban J connectivity index is 0.000000315. The first-order valence-electron chi connectivity index (χ1n) is 6.50. The summed E-state index contributed by atoms with van der Waals surface area (Å²) in [4.78, 5) is 10.8. The average Bonchev–Trinajstić information content (AvgIpc) is 2.41. The van der Waals surface area contributed by atoms with Crippen LogP contribution in [0.25, 0.3) is 0 Å². The molecule has 0 spiro atoms. The smallest absolute Gasteiger partial charge is 0.159 e. The van der Waals surface area contributed by atoms with Crippen molar-refractivity contribution in [3.8, 4) is 0 Å². The number of ether oxygens (including phenoxy) is 1. The van der Waals surface area contributed by atoms with E-state index in [1.807, 2.05) is 49.4 Å². The Morgan fingerprint density at radius 3 is 1.50 bits per heavy atom. The lowest BCUT2D eigenvalue weighted by Crippen LogP contribution is -1.90. The highest BCUT2D eigenvalue weighted by Gasteiger charge is 1.95. The second-order valence-corrected chi connectivity index (χ2v) is 4.49. The van der Waals surface area contributed by atoms with Gasteiger partial charge in [0.2, 0.25) is 0 Å². The highest BCUT2D eigenvalue weighted by Crippen LogP contribution is 2.02. The molecule has 0 aromatic heterocycles. The topological polar surface area (TPSA) is 26.3 Å². The van der Waals surface area contributed by atoms with Gasteiger partial charge in [-0.25, -0.2) is 0 Å². The molecule has 108 valence electrons. The number of carbonyl (C=O) groups excluding carboxylic acids is 1. The summed E-state index contributed by atoms with van der Waals surface area (Å²) in [6.07, 6.45) is 0. The molecule has 0 atom stereocenters. The van der Waals surface area contributed by atoms with E-state index in [-0.39, 0.29) is 5.78 Å². The van der Waals surface area contributed by atoms with Crippen LogP contribution in [0.5, 0.6) is 0 Å². The zero-order valence-electron chi connectivity index (χ0n) is 13.0. The first-order valence-corrected chi connectivity index (χ1v) is 6.50. The quantitative estimate of drug-likeness (QED) is 0.717. The van der Waals surface area contributed by atoms with Crippen molar-refractivity contribution in [1.82, 2.24) is 0 Å². The Hall–Kier alpha value is -1.93. The summed E-state index contributed by atoms with van der Waals surface area (Å²) in [6.45, 7) is 5.66. The molecular weight excluding hydrogens is 248 g/mol. The van der Waals surface area contributed by atoms with E-state index in [9.17, 15) is 4.79 Å². The molecule has 2 aromatic rings. The molecule has 2 nitrogen and oxygen atoms in total. The van der Waals surface area contributed by atoms with Gasteiger partial charge in [-0.1, -0.05) is 65.7 Å². The van der Waals surface area contributed by atoms with Crippen LogP contribution < -0.4 is 0 Å². The second-order valence-electron chi connectivity index (χ2n) is 4.49. The Labute approximate surface area is 122 Å². The summed E-state index contributed by atoms with van der Waals surface area (Å²) < 4.78 is 4.25. The molecule has 2 aromatic carbocycles. The molecule has 2 rings (SSSR count). The fraction of sp³-hybridized carbons (Fsp3) is 0.278. The number of ketones is 1. The highest BCUT2D eigenvalue weighted by atomic mass is 16.4. The maximum atomic E-state index is 10.8. The fourth-order valence-corrected chi connectivity index (χ4v) is 1.32. The molecule has 0 aliphatic heterocycles. The third kappa shape index (κ3) is 9.06. The summed E-state index contributed by atoms with van der Waals surface area (Å²) in [7, 11) is 3.25. The molecule has 0 fully saturated rings. The lowest BCUT2D eigenvalue weighted by Gasteiger charge is -1.93. The van der Waals surface area contributed by atoms with Crippen LogP contribution >= 0.6 is 0 Å². The van der Waals surface area contributed by atoms with E-state index >= 15 is 0 Å². The van der Waals surface area contributed by atoms with Gasteiger partial charge >= 0.3 is 0 Å². The molecule has 0 aliphatic rings. The molecule has 20 heavy (non-hydrogen) atoms. The average molecular weight is 272 g/mol. The van der Waals surface area contributed by atoms with Gasteiger partial charge in [-0.05, 0) is 20.8 Å². The van der Waals surface area contributed by atoms with E-state index in [1.54, 1.807) is 21.1 Å². The lowest BCUT2D eigenvalue weighted by atomic mass is 10.1. The van der Waals surface area contributed by atoms with Crippen LogP contribution in [0.1, 0.15) is 28.4 Å². The van der Waals surface area contributed by atoms with E-state index in [2.05, 4.69) is 23.8 Å². The number of benzene rings is 2. The van der Waals surface area contributed by atoms with Gasteiger partial charge in [0.1, 0.15) is 0 Å². The van der Waals surface area contributed by atoms with Crippen LogP contribution in [0.15, 0.2) is 54.6 Å². The molecule has 2 heteroatoms. The molecule has 0 radical (unpaired) electrons. The minimum atomic E-state index is 0.125. The van der Waals surface area contributed by atoms with Crippen molar-refractivity contribution >= 4 is 5.78 Å². The largest absolute Gasteiger partial charge is 0.388 e. The Morgan fingerprint density at radius 2 is 1.20 bits per heavy atom. The van der Waals surface area contributed by atoms with Crippen molar-refractivity contribution < 1.29 is 9.53 Å². The van der Waals surface area contributed by atoms with Gasteiger partial charge in [0.15, 0.2) is 5.78 Å². The number of Topliss-reactive ketones (excluding diaryl/α,β-unsaturated/α-hetero) is 1. The lowest BCUT2D eigenvalue weighted by molar-refractivity contribution is 0.101. The first-order chi connectivity index (χ1) is 9.51. The zero-order valence-corrected chi connectivity index (χ0v) is 13.0. The van der Waals surface area contributed by atoms with E-state index in [1.165, 1.54) is 11.1 Å². The third-order valence-electron chi connectivity index (χ3n) is 2.40. The van der Waals surface area contributed by atoms with Crippen LogP contribution in [0, 0.1) is 13.8 Å². The van der Waals surface area contributed by atoms with Crippen LogP contribution in [0.2, 0.25) is 0 Å². The number of carbonyl (C=O) groups is 1. The SMILES string of the molecule is CC(=O)c1ccc(C)cc1.COC.Cc1ccccc1. The standard InChI is InChI=1S/C9H10O.C7H8.C2H6O/c1-7-3-5-9(6-4-7)8(2)10;1-7-5-3-2-4-6-7;1-3-2/h3-6H,1-2H3;2-6H,1H3;1-2H3. The molecule has 0 aliphatic carbocycles. The van der Waals surface area contributed by atoms with E-state index in [0.717, 1.165) is 5.56 Å². The summed E-state index contributed by atoms with van der Waals surface area (Å²) >= 11 is 0. The van der Waals surface area contributed by atoms with Crippen LogP contribution in [0.3, 0.4) is 0 Å². The fourth-order valence-electron chi connectivity index (χ4n) is 1.32. The first kappa shape index (κ1) is 18.1. The van der Waals surface area contributed by atoms with Crippen molar-refractivity contribution in [3.05, 3.63) is 71.3 Å². The highest BCUT2D eigenvalue weighted by molar-refractivity contribution is 5.93. The number of hydrogen-bond acceptors (Lipinski definition) is 2. The van der Waals surface area contributed by atoms with Gasteiger partial charge in [0.25, 0.3) is 0 Å². The molecule has 0 unspecified atom stereocenters. The van der Waals surface area contributed by atoms with Gasteiger partial charge in [0, 0.05) is 19.8 Å². The molecule has 0 heterocycles. The maximum absolute atomic E-state index is 10.8. The van der Waals surface area contributed by atoms with Crippen LogP contribution in [-0.2, 0) is 4.74 Å². The van der Waals surface area contributed by atoms with Gasteiger partial charge in [-0.2, -0.15) is 0 Å². The van der Waals surface area contributed by atoms with Gasteiger partial charge in [0.05, 0.1) is 0 Å². The Bertz CT molecular complexity index is 473. The molecular formula is C18H24O2. The van der Waals surface area contributed by atoms with E-state index < -0.39 is 0 Å². The minimum Gasteiger partial charge on any atom is -0.388 e. The number of hydrogen-bond donors (Lipinski definition) is 0. The Morgan fingerprint density at radius 1 is 0.800 bits per heavy atom. The van der Waals surface area contributed by atoms with E-state index in [4.69, 9.17) is 0 Å². The van der Waals surface area contributed by atoms with Crippen molar-refractivity contribution in [1.29, 1.82) is 0 Å². The summed E-state index contributed by atoms with van der Waals surface area (Å²) in [5.41, 5.74) is 3.29. The monoisotopic (exact) mass is 272 g/mol. The summed E-state index contributed by atoms with van der Waals surface area (Å²) in [6, 6.07) is 17.8. The van der Waals surface area contributed by atoms with Crippen molar-refractivity contribution in [2.24, 2.45) is 0 Å². The summed E-state index contributed by atoms with van der Waals surface area (Å²) in [5.74, 6) is 0.125. The van der Waals surface area contributed by atoms with E-state index in [0.29, 0.717) is 0 Å². The van der Waals surface area contributed by atoms with Crippen LogP contribution in [-0.4, -0.2) is 20.0 Å². The summed E-state index contributed by atoms with van der Waals surface area (Å²) in [5, 5.41) is 0. The van der Waals surface area contributed by atoms with Gasteiger partial charge in [-0.3, -0.25) is 4.79 Å². The molecule has 0 saturated carbocycles. The predicted octanol–water partition coefficient (Wildman–Crippen LogP) is 4.46. The van der Waals surface area contributed by atoms with Gasteiger partial charge in [-0.15, -0.1) is 0 Å².